The number of piperidine rings is 1. The molecule has 1 saturated carbocycles. The van der Waals surface area contributed by atoms with Crippen molar-refractivity contribution in [2.45, 2.75) is 64.1 Å². The molecule has 8 rings (SSSR count). The molecule has 4 heterocycles. The maximum Gasteiger partial charge on any atom is 0.153 e. The molecule has 1 N–H and O–H groups in total. The van der Waals surface area contributed by atoms with Gasteiger partial charge in [0, 0.05) is 74.7 Å². The van der Waals surface area contributed by atoms with Gasteiger partial charge >= 0.3 is 0 Å². The van der Waals surface area contributed by atoms with Crippen LogP contribution in [0.3, 0.4) is 0 Å². The van der Waals surface area contributed by atoms with Gasteiger partial charge in [-0.15, -0.1) is 0 Å². The van der Waals surface area contributed by atoms with Crippen LogP contribution < -0.4 is 9.64 Å². The first-order valence-electron chi connectivity index (χ1n) is 18.1. The number of pyridine rings is 1. The van der Waals surface area contributed by atoms with Gasteiger partial charge in [-0.05, 0) is 90.1 Å². The van der Waals surface area contributed by atoms with Crippen LogP contribution in [0.2, 0.25) is 0 Å². The topological polar surface area (TPSA) is 64.7 Å². The highest BCUT2D eigenvalue weighted by molar-refractivity contribution is 5.81. The van der Waals surface area contributed by atoms with E-state index in [1.165, 1.54) is 42.4 Å². The largest absolute Gasteiger partial charge is 0.455 e. The Labute approximate surface area is 294 Å². The Hall–Kier alpha value is -4.53. The Balaban J connectivity index is 0.941. The minimum atomic E-state index is -0.180. The lowest BCUT2D eigenvalue weighted by Gasteiger charge is -2.58. The number of nitrogens with zero attached hydrogens (tertiary/aromatic N) is 4. The first-order valence-corrected chi connectivity index (χ1v) is 18.1. The number of hydrogen-bond acceptors (Lipinski definition) is 6. The highest BCUT2D eigenvalue weighted by Gasteiger charge is 2.50. The monoisotopic (exact) mass is 671 g/mol. The molecule has 2 aliphatic heterocycles. The number of carbonyl (C=O) groups excluding carboxylic acids is 1. The zero-order valence-corrected chi connectivity index (χ0v) is 29.0. The van der Waals surface area contributed by atoms with Gasteiger partial charge < -0.3 is 14.6 Å². The molecule has 3 aliphatic rings. The summed E-state index contributed by atoms with van der Waals surface area (Å²) in [7, 11) is 0. The van der Waals surface area contributed by atoms with Crippen molar-refractivity contribution in [3.05, 3.63) is 119 Å². The first-order chi connectivity index (χ1) is 24.4. The van der Waals surface area contributed by atoms with Gasteiger partial charge in [0.25, 0.3) is 0 Å². The van der Waals surface area contributed by atoms with Crippen molar-refractivity contribution >= 4 is 23.0 Å². The zero-order chi connectivity index (χ0) is 34.2. The standard InChI is InChI=1S/C42H46FN5O2/c1-29(2)37-5-3-4-6-38(37)39-27-46(26-30-7-10-33(43)11-8-30)19-20-48(39)35-23-42(24-35)14-17-47(18-15-42)34-12-9-32(28-49)40(22-34)50-36-21-31-13-16-44-41(31)45-25-36/h3-13,16,21-22,25,28-29,35,39H,14-15,17-20,23-24,26-27H2,1-2H3,(H,44,45)/t39-/m1/s1. The molecule has 5 aromatic rings. The molecule has 0 unspecified atom stereocenters. The van der Waals surface area contributed by atoms with Crippen LogP contribution in [-0.2, 0) is 6.54 Å². The lowest BCUT2D eigenvalue weighted by Crippen LogP contribution is -2.60. The Kier molecular flexibility index (Phi) is 8.91. The molecule has 50 heavy (non-hydrogen) atoms. The minimum absolute atomic E-state index is 0.180. The predicted octanol–water partition coefficient (Wildman–Crippen LogP) is 8.74. The number of rotatable bonds is 9. The van der Waals surface area contributed by atoms with E-state index in [0.29, 0.717) is 40.5 Å². The number of aldehydes is 1. The molecule has 3 aromatic carbocycles. The number of piperazine rings is 1. The summed E-state index contributed by atoms with van der Waals surface area (Å²) < 4.78 is 19.8. The smallest absolute Gasteiger partial charge is 0.153 e. The minimum Gasteiger partial charge on any atom is -0.455 e. The summed E-state index contributed by atoms with van der Waals surface area (Å²) in [5, 5.41) is 0.966. The molecular formula is C42H46FN5O2. The molecule has 2 aromatic heterocycles. The highest BCUT2D eigenvalue weighted by Crippen LogP contribution is 2.53. The third-order valence-corrected chi connectivity index (χ3v) is 11.5. The highest BCUT2D eigenvalue weighted by atomic mass is 19.1. The summed E-state index contributed by atoms with van der Waals surface area (Å²) >= 11 is 0. The van der Waals surface area contributed by atoms with Crippen LogP contribution in [0.25, 0.3) is 11.0 Å². The quantitative estimate of drug-likeness (QED) is 0.158. The summed E-state index contributed by atoms with van der Waals surface area (Å²) in [6.45, 7) is 10.5. The normalized spacial score (nSPS) is 20.0. The van der Waals surface area contributed by atoms with Crippen LogP contribution in [0.5, 0.6) is 11.5 Å². The number of anilines is 1. The molecular weight excluding hydrogens is 625 g/mol. The number of halogens is 1. The Bertz CT molecular complexity index is 1960. The van der Waals surface area contributed by atoms with Crippen molar-refractivity contribution in [1.29, 1.82) is 0 Å². The average Bonchev–Trinajstić information content (AvgIpc) is 3.60. The van der Waals surface area contributed by atoms with E-state index in [0.717, 1.165) is 62.3 Å². The van der Waals surface area contributed by atoms with Crippen molar-refractivity contribution in [3.63, 3.8) is 0 Å². The number of aromatic amines is 1. The van der Waals surface area contributed by atoms with Gasteiger partial charge in [0.1, 0.15) is 23.0 Å². The van der Waals surface area contributed by atoms with E-state index in [1.807, 2.05) is 48.7 Å². The second kappa shape index (κ2) is 13.6. The summed E-state index contributed by atoms with van der Waals surface area (Å²) in [5.74, 6) is 1.45. The summed E-state index contributed by atoms with van der Waals surface area (Å²) in [4.78, 5) is 27.3. The van der Waals surface area contributed by atoms with E-state index >= 15 is 0 Å². The van der Waals surface area contributed by atoms with Crippen LogP contribution in [0.15, 0.2) is 91.3 Å². The fourth-order valence-electron chi connectivity index (χ4n) is 8.73. The Morgan fingerprint density at radius 2 is 1.78 bits per heavy atom. The summed E-state index contributed by atoms with van der Waals surface area (Å²) in [6, 6.07) is 26.8. The van der Waals surface area contributed by atoms with Gasteiger partial charge in [-0.1, -0.05) is 50.2 Å². The third-order valence-electron chi connectivity index (χ3n) is 11.5. The number of aromatic nitrogens is 2. The van der Waals surface area contributed by atoms with Crippen LogP contribution in [0.1, 0.15) is 78.5 Å². The number of hydrogen-bond donors (Lipinski definition) is 1. The molecule has 3 fully saturated rings. The third kappa shape index (κ3) is 6.54. The maximum atomic E-state index is 13.6. The molecule has 0 radical (unpaired) electrons. The number of ether oxygens (including phenoxy) is 1. The molecule has 2 saturated heterocycles. The SMILES string of the molecule is CC(C)c1ccccc1[C@H]1CN(Cc2ccc(F)cc2)CCN1C1CC2(CCN(c3ccc(C=O)c(Oc4cnc5[nH]ccc5c4)c3)CC2)C1. The number of carbonyl (C=O) groups is 1. The lowest BCUT2D eigenvalue weighted by atomic mass is 9.59. The second-order valence-corrected chi connectivity index (χ2v) is 15.0. The maximum absolute atomic E-state index is 13.6. The second-order valence-electron chi connectivity index (χ2n) is 15.0. The van der Waals surface area contributed by atoms with Crippen molar-refractivity contribution in [3.8, 4) is 11.5 Å². The van der Waals surface area contributed by atoms with Crippen molar-refractivity contribution in [2.75, 3.05) is 37.6 Å². The van der Waals surface area contributed by atoms with Gasteiger partial charge in [-0.3, -0.25) is 14.6 Å². The molecule has 1 atom stereocenters. The molecule has 1 spiro atoms. The van der Waals surface area contributed by atoms with Crippen molar-refractivity contribution in [2.24, 2.45) is 5.41 Å². The van der Waals surface area contributed by atoms with E-state index in [1.54, 1.807) is 18.3 Å². The average molecular weight is 672 g/mol. The number of nitrogens with one attached hydrogen (secondary N) is 1. The van der Waals surface area contributed by atoms with Crippen LogP contribution in [0, 0.1) is 11.2 Å². The van der Waals surface area contributed by atoms with Crippen LogP contribution >= 0.6 is 0 Å². The van der Waals surface area contributed by atoms with Gasteiger partial charge in [-0.2, -0.15) is 0 Å². The van der Waals surface area contributed by atoms with Crippen molar-refractivity contribution in [1.82, 2.24) is 19.8 Å². The lowest BCUT2D eigenvalue weighted by molar-refractivity contribution is -0.0628. The fraction of sp³-hybridized carbons (Fsp3) is 0.381. The number of H-pyrrole nitrogens is 1. The summed E-state index contributed by atoms with van der Waals surface area (Å²) in [5.41, 5.74) is 6.89. The fourth-order valence-corrected chi connectivity index (χ4v) is 8.73. The number of fused-ring (bicyclic) bond motifs is 1. The van der Waals surface area contributed by atoms with E-state index in [4.69, 9.17) is 4.74 Å². The molecule has 0 bridgehead atoms. The molecule has 1 aliphatic carbocycles. The molecule has 8 heteroatoms. The van der Waals surface area contributed by atoms with E-state index in [9.17, 15) is 9.18 Å². The van der Waals surface area contributed by atoms with Gasteiger partial charge in [0.2, 0.25) is 0 Å². The van der Waals surface area contributed by atoms with E-state index in [-0.39, 0.29) is 5.82 Å². The number of benzene rings is 3. The zero-order valence-electron chi connectivity index (χ0n) is 29.0. The molecule has 258 valence electrons. The van der Waals surface area contributed by atoms with Crippen LogP contribution in [0.4, 0.5) is 10.1 Å². The van der Waals surface area contributed by atoms with E-state index < -0.39 is 0 Å². The van der Waals surface area contributed by atoms with Crippen molar-refractivity contribution < 1.29 is 13.9 Å². The summed E-state index contributed by atoms with van der Waals surface area (Å²) in [6.07, 6.45) is 9.22. The predicted molar refractivity (Wildman–Crippen MR) is 197 cm³/mol. The Morgan fingerprint density at radius 3 is 2.56 bits per heavy atom. The van der Waals surface area contributed by atoms with E-state index in [2.05, 4.69) is 62.8 Å². The van der Waals surface area contributed by atoms with Crippen LogP contribution in [-0.4, -0.2) is 64.8 Å². The van der Waals surface area contributed by atoms with Gasteiger partial charge in [-0.25, -0.2) is 9.37 Å². The molecule has 0 amide bonds. The molecule has 7 nitrogen and oxygen atoms in total. The first kappa shape index (κ1) is 32.7. The van der Waals surface area contributed by atoms with Gasteiger partial charge in [0.05, 0.1) is 11.8 Å². The van der Waals surface area contributed by atoms with Gasteiger partial charge in [0.15, 0.2) is 6.29 Å². The Morgan fingerprint density at radius 1 is 0.980 bits per heavy atom.